The first-order valence-electron chi connectivity index (χ1n) is 6.65. The highest BCUT2D eigenvalue weighted by atomic mass is 35.5. The molecule has 1 aromatic carbocycles. The molecule has 0 radical (unpaired) electrons. The van der Waals surface area contributed by atoms with Gasteiger partial charge in [0.2, 0.25) is 5.91 Å². The van der Waals surface area contributed by atoms with Crippen LogP contribution in [0, 0.1) is 0 Å². The van der Waals surface area contributed by atoms with Crippen LogP contribution < -0.4 is 5.32 Å². The van der Waals surface area contributed by atoms with E-state index in [1.54, 1.807) is 6.07 Å². The number of hydrogen-bond acceptors (Lipinski definition) is 2. The largest absolute Gasteiger partial charge is 0.342 e. The molecule has 0 aromatic heterocycles. The number of nitrogens with zero attached hydrogens (tertiary/aromatic N) is 1. The Hall–Kier alpha value is -0.480. The molecule has 1 amide bonds. The van der Waals surface area contributed by atoms with E-state index in [2.05, 4.69) is 5.32 Å². The first-order valence-corrected chi connectivity index (χ1v) is 7.78. The number of nitrogens with one attached hydrogen (secondary N) is 1. The highest BCUT2D eigenvalue weighted by Crippen LogP contribution is 2.35. The fourth-order valence-electron chi connectivity index (χ4n) is 2.30. The molecule has 110 valence electrons. The monoisotopic (exact) mass is 334 g/mol. The molecule has 1 atom stereocenters. The third-order valence-electron chi connectivity index (χ3n) is 3.55. The minimum Gasteiger partial charge on any atom is -0.342 e. The van der Waals surface area contributed by atoms with Crippen molar-refractivity contribution < 1.29 is 4.79 Å². The van der Waals surface area contributed by atoms with Crippen LogP contribution in [0.3, 0.4) is 0 Å². The predicted octanol–water partition coefficient (Wildman–Crippen LogP) is 3.92. The summed E-state index contributed by atoms with van der Waals surface area (Å²) < 4.78 is 0. The van der Waals surface area contributed by atoms with Crippen molar-refractivity contribution in [2.24, 2.45) is 0 Å². The molecule has 0 spiro atoms. The average Bonchev–Trinajstić information content (AvgIpc) is 2.96. The molecule has 1 fully saturated rings. The van der Waals surface area contributed by atoms with E-state index in [-0.39, 0.29) is 11.9 Å². The van der Waals surface area contributed by atoms with Gasteiger partial charge in [0.05, 0.1) is 21.6 Å². The zero-order chi connectivity index (χ0) is 14.7. The highest BCUT2D eigenvalue weighted by Gasteiger charge is 2.19. The second-order valence-electron chi connectivity index (χ2n) is 4.96. The Morgan fingerprint density at radius 2 is 1.90 bits per heavy atom. The maximum absolute atomic E-state index is 12.0. The van der Waals surface area contributed by atoms with Gasteiger partial charge >= 0.3 is 0 Å². The van der Waals surface area contributed by atoms with E-state index in [0.29, 0.717) is 21.6 Å². The van der Waals surface area contributed by atoms with E-state index in [9.17, 15) is 4.79 Å². The molecule has 20 heavy (non-hydrogen) atoms. The summed E-state index contributed by atoms with van der Waals surface area (Å²) in [4.78, 5) is 13.9. The number of amides is 1. The lowest BCUT2D eigenvalue weighted by Gasteiger charge is -2.20. The Morgan fingerprint density at radius 3 is 2.55 bits per heavy atom. The van der Waals surface area contributed by atoms with Crippen molar-refractivity contribution in [3.63, 3.8) is 0 Å². The second kappa shape index (κ2) is 6.99. The van der Waals surface area contributed by atoms with Gasteiger partial charge in [-0.1, -0.05) is 40.9 Å². The van der Waals surface area contributed by atoms with Crippen molar-refractivity contribution in [2.45, 2.75) is 25.8 Å². The molecule has 1 aliphatic rings. The SMILES string of the molecule is CC(NCC(=O)N1CCCC1)c1ccc(Cl)c(Cl)c1Cl. The Kier molecular flexibility index (Phi) is 5.56. The van der Waals surface area contributed by atoms with Crippen LogP contribution >= 0.6 is 34.8 Å². The normalized spacial score (nSPS) is 16.5. The van der Waals surface area contributed by atoms with Crippen molar-refractivity contribution >= 4 is 40.7 Å². The van der Waals surface area contributed by atoms with Crippen LogP contribution in [-0.2, 0) is 4.79 Å². The molecule has 6 heteroatoms. The topological polar surface area (TPSA) is 32.3 Å². The van der Waals surface area contributed by atoms with Gasteiger partial charge in [-0.25, -0.2) is 0 Å². The second-order valence-corrected chi connectivity index (χ2v) is 6.12. The third kappa shape index (κ3) is 3.59. The number of carbonyl (C=O) groups is 1. The number of rotatable bonds is 4. The standard InChI is InChI=1S/C14H17Cl3N2O/c1-9(10-4-5-11(15)14(17)13(10)16)18-8-12(20)19-6-2-3-7-19/h4-5,9,18H,2-3,6-8H2,1H3. The fourth-order valence-corrected chi connectivity index (χ4v) is 3.01. The van der Waals surface area contributed by atoms with Gasteiger partial charge in [-0.2, -0.15) is 0 Å². The molecule has 1 aliphatic heterocycles. The minimum absolute atomic E-state index is 0.0659. The lowest BCUT2D eigenvalue weighted by atomic mass is 10.1. The van der Waals surface area contributed by atoms with Crippen LogP contribution in [-0.4, -0.2) is 30.4 Å². The fraction of sp³-hybridized carbons (Fsp3) is 0.500. The van der Waals surface area contributed by atoms with Gasteiger partial charge in [0.15, 0.2) is 0 Å². The first kappa shape index (κ1) is 15.9. The maximum Gasteiger partial charge on any atom is 0.236 e. The summed E-state index contributed by atoms with van der Waals surface area (Å²) in [6.45, 7) is 3.98. The van der Waals surface area contributed by atoms with Crippen LogP contribution in [0.4, 0.5) is 0 Å². The van der Waals surface area contributed by atoms with Crippen molar-refractivity contribution in [2.75, 3.05) is 19.6 Å². The van der Waals surface area contributed by atoms with Crippen LogP contribution in [0.5, 0.6) is 0 Å². The summed E-state index contributed by atoms with van der Waals surface area (Å²) in [6, 6.07) is 3.48. The maximum atomic E-state index is 12.0. The zero-order valence-corrected chi connectivity index (χ0v) is 13.5. The van der Waals surface area contributed by atoms with Gasteiger partial charge in [0, 0.05) is 19.1 Å². The van der Waals surface area contributed by atoms with Gasteiger partial charge in [0.25, 0.3) is 0 Å². The van der Waals surface area contributed by atoms with Crippen molar-refractivity contribution in [1.29, 1.82) is 0 Å². The van der Waals surface area contributed by atoms with Crippen LogP contribution in [0.15, 0.2) is 12.1 Å². The number of likely N-dealkylation sites (tertiary alicyclic amines) is 1. The predicted molar refractivity (Wildman–Crippen MR) is 83.7 cm³/mol. The molecule has 0 bridgehead atoms. The molecule has 1 N–H and O–H groups in total. The van der Waals surface area contributed by atoms with Gasteiger partial charge in [-0.15, -0.1) is 0 Å². The lowest BCUT2D eigenvalue weighted by Crippen LogP contribution is -2.37. The number of halogens is 3. The van der Waals surface area contributed by atoms with E-state index < -0.39 is 0 Å². The molecule has 1 unspecified atom stereocenters. The third-order valence-corrected chi connectivity index (χ3v) is 4.86. The summed E-state index contributed by atoms with van der Waals surface area (Å²) in [6.07, 6.45) is 2.19. The molecule has 1 saturated heterocycles. The van der Waals surface area contributed by atoms with Crippen molar-refractivity contribution in [3.8, 4) is 0 Å². The van der Waals surface area contributed by atoms with Gasteiger partial charge in [0.1, 0.15) is 0 Å². The molecule has 2 rings (SSSR count). The summed E-state index contributed by atoms with van der Waals surface area (Å²) >= 11 is 18.1. The molecule has 3 nitrogen and oxygen atoms in total. The number of carbonyl (C=O) groups excluding carboxylic acids is 1. The van der Waals surface area contributed by atoms with E-state index >= 15 is 0 Å². The molecule has 1 aromatic rings. The Morgan fingerprint density at radius 1 is 1.25 bits per heavy atom. The summed E-state index contributed by atoms with van der Waals surface area (Å²) in [5.41, 5.74) is 0.843. The zero-order valence-electron chi connectivity index (χ0n) is 11.3. The van der Waals surface area contributed by atoms with Crippen molar-refractivity contribution in [1.82, 2.24) is 10.2 Å². The van der Waals surface area contributed by atoms with Crippen LogP contribution in [0.1, 0.15) is 31.4 Å². The summed E-state index contributed by atoms with van der Waals surface area (Å²) in [5, 5.41) is 4.41. The molecule has 0 saturated carbocycles. The van der Waals surface area contributed by atoms with E-state index in [0.717, 1.165) is 31.5 Å². The van der Waals surface area contributed by atoms with Crippen LogP contribution in [0.2, 0.25) is 15.1 Å². The Labute approximate surface area is 134 Å². The number of hydrogen-bond donors (Lipinski definition) is 1. The molecule has 0 aliphatic carbocycles. The minimum atomic E-state index is -0.0659. The van der Waals surface area contributed by atoms with Crippen molar-refractivity contribution in [3.05, 3.63) is 32.8 Å². The molecular formula is C14H17Cl3N2O. The average molecular weight is 336 g/mol. The Bertz CT molecular complexity index is 501. The van der Waals surface area contributed by atoms with Gasteiger partial charge < -0.3 is 10.2 Å². The van der Waals surface area contributed by atoms with E-state index in [1.807, 2.05) is 17.9 Å². The summed E-state index contributed by atoms with van der Waals surface area (Å²) in [7, 11) is 0. The van der Waals surface area contributed by atoms with Gasteiger partial charge in [-0.05, 0) is 31.4 Å². The van der Waals surface area contributed by atoms with E-state index in [1.165, 1.54) is 0 Å². The number of benzene rings is 1. The quantitative estimate of drug-likeness (QED) is 0.846. The Balaban J connectivity index is 1.96. The first-order chi connectivity index (χ1) is 9.50. The highest BCUT2D eigenvalue weighted by molar-refractivity contribution is 6.48. The smallest absolute Gasteiger partial charge is 0.236 e. The van der Waals surface area contributed by atoms with Crippen LogP contribution in [0.25, 0.3) is 0 Å². The lowest BCUT2D eigenvalue weighted by molar-refractivity contribution is -0.129. The summed E-state index contributed by atoms with van der Waals surface area (Å²) in [5.74, 6) is 0.130. The van der Waals surface area contributed by atoms with Gasteiger partial charge in [-0.3, -0.25) is 4.79 Å². The molecule has 1 heterocycles. The molecular weight excluding hydrogens is 319 g/mol. The van der Waals surface area contributed by atoms with E-state index in [4.69, 9.17) is 34.8 Å².